The largest absolute Gasteiger partial charge is 0.338 e. The molecule has 2 fully saturated rings. The van der Waals surface area contributed by atoms with Crippen LogP contribution in [0.25, 0.3) is 0 Å². The van der Waals surface area contributed by atoms with E-state index in [1.54, 1.807) is 6.20 Å². The molecule has 5 nitrogen and oxygen atoms in total. The lowest BCUT2D eigenvalue weighted by molar-refractivity contribution is 0.0629. The summed E-state index contributed by atoms with van der Waals surface area (Å²) < 4.78 is 0. The van der Waals surface area contributed by atoms with Gasteiger partial charge in [-0.15, -0.1) is 24.8 Å². The zero-order chi connectivity index (χ0) is 15.8. The first-order valence-electron chi connectivity index (χ1n) is 8.05. The van der Waals surface area contributed by atoms with Crippen molar-refractivity contribution in [2.24, 2.45) is 0 Å². The van der Waals surface area contributed by atoms with E-state index >= 15 is 0 Å². The molecule has 1 aliphatic carbocycles. The molecule has 1 unspecified atom stereocenters. The van der Waals surface area contributed by atoms with Crippen LogP contribution in [0.1, 0.15) is 46.7 Å². The van der Waals surface area contributed by atoms with Crippen molar-refractivity contribution in [1.82, 2.24) is 20.2 Å². The summed E-state index contributed by atoms with van der Waals surface area (Å²) in [6.07, 6.45) is 4.00. The Hall–Kier alpha value is -1.27. The van der Waals surface area contributed by atoms with Crippen LogP contribution in [0.4, 0.5) is 0 Å². The molecule has 1 atom stereocenters. The van der Waals surface area contributed by atoms with Crippen LogP contribution < -0.4 is 5.32 Å². The van der Waals surface area contributed by atoms with Crippen LogP contribution in [-0.2, 0) is 0 Å². The maximum atomic E-state index is 12.9. The second kappa shape index (κ2) is 8.41. The molecule has 1 aliphatic heterocycles. The quantitative estimate of drug-likeness (QED) is 0.823. The lowest BCUT2D eigenvalue weighted by Gasteiger charge is -2.36. The zero-order valence-electron chi connectivity index (χ0n) is 13.6. The summed E-state index contributed by atoms with van der Waals surface area (Å²) in [6.45, 7) is 2.15. The van der Waals surface area contributed by atoms with Crippen LogP contribution in [0.5, 0.6) is 0 Å². The third-order valence-corrected chi connectivity index (χ3v) is 4.90. The first-order valence-corrected chi connectivity index (χ1v) is 8.43. The molecule has 1 aromatic carbocycles. The highest BCUT2D eigenvalue weighted by Gasteiger charge is 2.32. The number of carbonyl (C=O) groups is 1. The van der Waals surface area contributed by atoms with Gasteiger partial charge in [0, 0.05) is 30.6 Å². The molecule has 2 aliphatic rings. The average molecular weight is 404 g/mol. The fourth-order valence-electron chi connectivity index (χ4n) is 3.13. The van der Waals surface area contributed by atoms with E-state index in [1.165, 1.54) is 0 Å². The van der Waals surface area contributed by atoms with Gasteiger partial charge in [0.15, 0.2) is 0 Å². The second-order valence-corrected chi connectivity index (χ2v) is 6.60. The molecular formula is C17H21Cl3N4O. The van der Waals surface area contributed by atoms with Gasteiger partial charge in [-0.3, -0.25) is 4.79 Å². The molecule has 0 spiro atoms. The van der Waals surface area contributed by atoms with Crippen molar-refractivity contribution >= 4 is 42.3 Å². The molecule has 0 bridgehead atoms. The Balaban J connectivity index is 0.00000113. The summed E-state index contributed by atoms with van der Waals surface area (Å²) >= 11 is 6.34. The van der Waals surface area contributed by atoms with Gasteiger partial charge in [-0.1, -0.05) is 29.8 Å². The topological polar surface area (TPSA) is 61.0 Å². The SMILES string of the molecule is Cl.Cl.O=C(c1cnc(C2CC2)[nH]1)N1CCNCC1c1ccccc1Cl. The summed E-state index contributed by atoms with van der Waals surface area (Å²) in [5.41, 5.74) is 1.56. The lowest BCUT2D eigenvalue weighted by atomic mass is 10.0. The molecule has 1 aromatic heterocycles. The molecule has 2 N–H and O–H groups in total. The Morgan fingerprint density at radius 3 is 2.72 bits per heavy atom. The predicted molar refractivity (Wildman–Crippen MR) is 103 cm³/mol. The van der Waals surface area contributed by atoms with E-state index in [1.807, 2.05) is 29.2 Å². The molecule has 25 heavy (non-hydrogen) atoms. The van der Waals surface area contributed by atoms with E-state index in [9.17, 15) is 4.79 Å². The average Bonchev–Trinajstić information content (AvgIpc) is 3.32. The fraction of sp³-hybridized carbons (Fsp3) is 0.412. The minimum atomic E-state index is -0.0578. The maximum absolute atomic E-state index is 12.9. The third-order valence-electron chi connectivity index (χ3n) is 4.56. The Morgan fingerprint density at radius 2 is 2.00 bits per heavy atom. The van der Waals surface area contributed by atoms with E-state index in [4.69, 9.17) is 11.6 Å². The van der Waals surface area contributed by atoms with Crippen LogP contribution >= 0.6 is 36.4 Å². The third kappa shape index (κ3) is 4.11. The number of imidazole rings is 1. The molecular weight excluding hydrogens is 383 g/mol. The van der Waals surface area contributed by atoms with Gasteiger partial charge in [0.1, 0.15) is 11.5 Å². The van der Waals surface area contributed by atoms with Gasteiger partial charge in [0.25, 0.3) is 5.91 Å². The van der Waals surface area contributed by atoms with Crippen molar-refractivity contribution in [3.05, 3.63) is 52.6 Å². The van der Waals surface area contributed by atoms with E-state index in [0.29, 0.717) is 29.7 Å². The lowest BCUT2D eigenvalue weighted by Crippen LogP contribution is -2.48. The number of aromatic amines is 1. The number of nitrogens with zero attached hydrogens (tertiary/aromatic N) is 2. The Bertz CT molecular complexity index is 732. The molecule has 2 heterocycles. The normalized spacial score (nSPS) is 19.7. The summed E-state index contributed by atoms with van der Waals surface area (Å²) in [5.74, 6) is 1.45. The number of piperazine rings is 1. The molecule has 4 rings (SSSR count). The number of carbonyl (C=O) groups excluding carboxylic acids is 1. The number of hydrogen-bond donors (Lipinski definition) is 2. The minimum Gasteiger partial charge on any atom is -0.338 e. The van der Waals surface area contributed by atoms with Crippen molar-refractivity contribution in [2.45, 2.75) is 24.8 Å². The summed E-state index contributed by atoms with van der Waals surface area (Å²) in [4.78, 5) is 22.4. The van der Waals surface area contributed by atoms with Gasteiger partial charge >= 0.3 is 0 Å². The maximum Gasteiger partial charge on any atom is 0.272 e. The zero-order valence-corrected chi connectivity index (χ0v) is 16.0. The highest BCUT2D eigenvalue weighted by atomic mass is 35.5. The molecule has 2 aromatic rings. The van der Waals surface area contributed by atoms with Gasteiger partial charge in [0.05, 0.1) is 12.2 Å². The van der Waals surface area contributed by atoms with E-state index in [-0.39, 0.29) is 36.8 Å². The number of halogens is 3. The molecule has 8 heteroatoms. The van der Waals surface area contributed by atoms with Gasteiger partial charge < -0.3 is 15.2 Å². The highest BCUT2D eigenvalue weighted by Crippen LogP contribution is 2.38. The van der Waals surface area contributed by atoms with Crippen molar-refractivity contribution in [3.63, 3.8) is 0 Å². The van der Waals surface area contributed by atoms with Gasteiger partial charge in [-0.05, 0) is 24.5 Å². The van der Waals surface area contributed by atoms with Crippen LogP contribution in [0.3, 0.4) is 0 Å². The Labute approximate surface area is 164 Å². The summed E-state index contributed by atoms with van der Waals surface area (Å²) in [5, 5.41) is 4.05. The van der Waals surface area contributed by atoms with Gasteiger partial charge in [-0.25, -0.2) is 4.98 Å². The highest BCUT2D eigenvalue weighted by molar-refractivity contribution is 6.31. The second-order valence-electron chi connectivity index (χ2n) is 6.20. The van der Waals surface area contributed by atoms with Crippen LogP contribution in [0.2, 0.25) is 5.02 Å². The first-order chi connectivity index (χ1) is 11.2. The first kappa shape index (κ1) is 20.0. The molecule has 0 radical (unpaired) electrons. The van der Waals surface area contributed by atoms with Crippen LogP contribution in [-0.4, -0.2) is 40.4 Å². The monoisotopic (exact) mass is 402 g/mol. The van der Waals surface area contributed by atoms with Crippen molar-refractivity contribution < 1.29 is 4.79 Å². The predicted octanol–water partition coefficient (Wildman–Crippen LogP) is 3.57. The number of nitrogens with one attached hydrogen (secondary N) is 2. The summed E-state index contributed by atoms with van der Waals surface area (Å²) in [7, 11) is 0. The Morgan fingerprint density at radius 1 is 1.24 bits per heavy atom. The minimum absolute atomic E-state index is 0. The molecule has 1 saturated carbocycles. The van der Waals surface area contributed by atoms with Crippen LogP contribution in [0, 0.1) is 0 Å². The number of H-pyrrole nitrogens is 1. The molecule has 136 valence electrons. The van der Waals surface area contributed by atoms with Crippen molar-refractivity contribution in [2.75, 3.05) is 19.6 Å². The number of aromatic nitrogens is 2. The number of rotatable bonds is 3. The number of hydrogen-bond acceptors (Lipinski definition) is 3. The fourth-order valence-corrected chi connectivity index (χ4v) is 3.40. The smallest absolute Gasteiger partial charge is 0.272 e. The summed E-state index contributed by atoms with van der Waals surface area (Å²) in [6, 6.07) is 7.67. The van der Waals surface area contributed by atoms with Crippen molar-refractivity contribution in [1.29, 1.82) is 0 Å². The number of amides is 1. The molecule has 1 amide bonds. The van der Waals surface area contributed by atoms with Gasteiger partial charge in [-0.2, -0.15) is 0 Å². The van der Waals surface area contributed by atoms with E-state index in [2.05, 4.69) is 15.3 Å². The van der Waals surface area contributed by atoms with E-state index in [0.717, 1.165) is 30.8 Å². The van der Waals surface area contributed by atoms with E-state index < -0.39 is 0 Å². The van der Waals surface area contributed by atoms with Crippen LogP contribution in [0.15, 0.2) is 30.5 Å². The van der Waals surface area contributed by atoms with Gasteiger partial charge in [0.2, 0.25) is 0 Å². The standard InChI is InChI=1S/C17H19ClN4O.2ClH/c18-13-4-2-1-3-12(13)15-10-19-7-8-22(15)17(23)14-9-20-16(21-14)11-5-6-11;;/h1-4,9,11,15,19H,5-8,10H2,(H,20,21);2*1H. The Kier molecular flexibility index (Phi) is 6.74. The molecule has 1 saturated heterocycles. The number of benzene rings is 1. The van der Waals surface area contributed by atoms with Crippen molar-refractivity contribution in [3.8, 4) is 0 Å².